The van der Waals surface area contributed by atoms with Crippen LogP contribution in [0.5, 0.6) is 0 Å². The van der Waals surface area contributed by atoms with Crippen molar-refractivity contribution < 1.29 is 0 Å². The molecule has 0 amide bonds. The van der Waals surface area contributed by atoms with Gasteiger partial charge in [0, 0.05) is 56.9 Å². The molecule has 6 heteroatoms. The van der Waals surface area contributed by atoms with Gasteiger partial charge in [-0.25, -0.2) is 4.98 Å². The molecular formula is C22H32N6. The molecule has 150 valence electrons. The van der Waals surface area contributed by atoms with E-state index in [0.717, 1.165) is 62.3 Å². The van der Waals surface area contributed by atoms with Gasteiger partial charge in [0.2, 0.25) is 5.95 Å². The van der Waals surface area contributed by atoms with Crippen molar-refractivity contribution in [2.45, 2.75) is 31.7 Å². The van der Waals surface area contributed by atoms with Crippen LogP contribution in [0.4, 0.5) is 11.8 Å². The van der Waals surface area contributed by atoms with Crippen LogP contribution < -0.4 is 10.6 Å². The van der Waals surface area contributed by atoms with Gasteiger partial charge in [0.05, 0.1) is 5.69 Å². The molecule has 0 spiro atoms. The second-order valence-electron chi connectivity index (χ2n) is 8.03. The molecule has 2 heterocycles. The van der Waals surface area contributed by atoms with Crippen LogP contribution in [0.1, 0.15) is 25.7 Å². The summed E-state index contributed by atoms with van der Waals surface area (Å²) in [6.07, 6.45) is 5.02. The molecule has 6 nitrogen and oxygen atoms in total. The van der Waals surface area contributed by atoms with Crippen LogP contribution in [0.3, 0.4) is 0 Å². The van der Waals surface area contributed by atoms with Crippen LogP contribution >= 0.6 is 0 Å². The van der Waals surface area contributed by atoms with Gasteiger partial charge in [-0.1, -0.05) is 43.2 Å². The number of piperazine rings is 1. The summed E-state index contributed by atoms with van der Waals surface area (Å²) in [4.78, 5) is 14.5. The van der Waals surface area contributed by atoms with Crippen molar-refractivity contribution in [2.75, 3.05) is 56.9 Å². The summed E-state index contributed by atoms with van der Waals surface area (Å²) in [6.45, 7) is 6.54. The largest absolute Gasteiger partial charge is 0.369 e. The molecule has 2 aliphatic rings. The molecule has 0 unspecified atom stereocenters. The Morgan fingerprint density at radius 3 is 2.50 bits per heavy atom. The third-order valence-corrected chi connectivity index (χ3v) is 5.81. The average molecular weight is 381 g/mol. The normalized spacial score (nSPS) is 19.0. The number of benzene rings is 1. The molecular weight excluding hydrogens is 348 g/mol. The summed E-state index contributed by atoms with van der Waals surface area (Å²) in [5.41, 5.74) is 2.10. The number of likely N-dealkylation sites (N-methyl/N-ethyl adjacent to an activating group) is 1. The fraction of sp³-hybridized carbons (Fsp3) is 0.545. The standard InChI is InChI=1S/C22H32N6/c1-27-13-15-28(16-14-27)12-11-23-21-17-20(18-7-3-2-4-8-18)25-22(26-21)24-19-9-5-6-10-19/h2-4,7-8,17,19H,5-6,9-16H2,1H3,(H2,23,24,25,26). The molecule has 2 fully saturated rings. The topological polar surface area (TPSA) is 56.3 Å². The fourth-order valence-electron chi connectivity index (χ4n) is 4.03. The van der Waals surface area contributed by atoms with E-state index in [1.165, 1.54) is 25.7 Å². The highest BCUT2D eigenvalue weighted by Crippen LogP contribution is 2.24. The van der Waals surface area contributed by atoms with Crippen molar-refractivity contribution in [1.82, 2.24) is 19.8 Å². The fourth-order valence-corrected chi connectivity index (χ4v) is 4.03. The first-order chi connectivity index (χ1) is 13.8. The van der Waals surface area contributed by atoms with Crippen molar-refractivity contribution in [2.24, 2.45) is 0 Å². The highest BCUT2D eigenvalue weighted by Gasteiger charge is 2.17. The molecule has 1 aromatic carbocycles. The lowest BCUT2D eigenvalue weighted by atomic mass is 10.1. The third-order valence-electron chi connectivity index (χ3n) is 5.81. The minimum atomic E-state index is 0.504. The van der Waals surface area contributed by atoms with Gasteiger partial charge in [-0.3, -0.25) is 4.90 Å². The number of rotatable bonds is 7. The Morgan fingerprint density at radius 2 is 1.75 bits per heavy atom. The van der Waals surface area contributed by atoms with Crippen LogP contribution in [-0.4, -0.2) is 72.1 Å². The summed E-state index contributed by atoms with van der Waals surface area (Å²) >= 11 is 0. The second-order valence-corrected chi connectivity index (χ2v) is 8.03. The minimum Gasteiger partial charge on any atom is -0.369 e. The third kappa shape index (κ3) is 5.20. The maximum Gasteiger partial charge on any atom is 0.225 e. The van der Waals surface area contributed by atoms with Crippen molar-refractivity contribution in [3.8, 4) is 11.3 Å². The van der Waals surface area contributed by atoms with E-state index in [0.29, 0.717) is 6.04 Å². The van der Waals surface area contributed by atoms with Crippen LogP contribution in [0.25, 0.3) is 11.3 Å². The van der Waals surface area contributed by atoms with Crippen molar-refractivity contribution in [1.29, 1.82) is 0 Å². The zero-order valence-corrected chi connectivity index (χ0v) is 16.9. The van der Waals surface area contributed by atoms with E-state index in [4.69, 9.17) is 9.97 Å². The zero-order valence-electron chi connectivity index (χ0n) is 16.9. The van der Waals surface area contributed by atoms with E-state index >= 15 is 0 Å². The van der Waals surface area contributed by atoms with Crippen LogP contribution in [0.15, 0.2) is 36.4 Å². The summed E-state index contributed by atoms with van der Waals surface area (Å²) in [7, 11) is 2.19. The molecule has 2 N–H and O–H groups in total. The Morgan fingerprint density at radius 1 is 1.00 bits per heavy atom. The first kappa shape index (κ1) is 19.2. The molecule has 0 bridgehead atoms. The van der Waals surface area contributed by atoms with E-state index in [-0.39, 0.29) is 0 Å². The first-order valence-corrected chi connectivity index (χ1v) is 10.6. The smallest absolute Gasteiger partial charge is 0.225 e. The summed E-state index contributed by atoms with van der Waals surface area (Å²) < 4.78 is 0. The molecule has 2 aromatic rings. The lowest BCUT2D eigenvalue weighted by Crippen LogP contribution is -2.45. The van der Waals surface area contributed by atoms with Crippen molar-refractivity contribution >= 4 is 11.8 Å². The second kappa shape index (κ2) is 9.34. The van der Waals surface area contributed by atoms with Gasteiger partial charge in [0.1, 0.15) is 5.82 Å². The summed E-state index contributed by atoms with van der Waals surface area (Å²) in [5.74, 6) is 1.65. The van der Waals surface area contributed by atoms with Crippen LogP contribution in [0, 0.1) is 0 Å². The quantitative estimate of drug-likeness (QED) is 0.770. The van der Waals surface area contributed by atoms with Gasteiger partial charge < -0.3 is 15.5 Å². The van der Waals surface area contributed by atoms with Crippen molar-refractivity contribution in [3.05, 3.63) is 36.4 Å². The Kier molecular flexibility index (Phi) is 6.39. The van der Waals surface area contributed by atoms with Gasteiger partial charge in [-0.05, 0) is 19.9 Å². The van der Waals surface area contributed by atoms with E-state index < -0.39 is 0 Å². The average Bonchev–Trinajstić information content (AvgIpc) is 3.23. The molecule has 4 rings (SSSR count). The first-order valence-electron chi connectivity index (χ1n) is 10.6. The predicted octanol–water partition coefficient (Wildman–Crippen LogP) is 3.16. The molecule has 1 aromatic heterocycles. The number of anilines is 2. The van der Waals surface area contributed by atoms with E-state index in [1.807, 2.05) is 6.07 Å². The molecule has 28 heavy (non-hydrogen) atoms. The molecule has 1 saturated carbocycles. The molecule has 0 atom stereocenters. The van der Waals surface area contributed by atoms with Crippen LogP contribution in [-0.2, 0) is 0 Å². The number of hydrogen-bond acceptors (Lipinski definition) is 6. The van der Waals surface area contributed by atoms with Crippen molar-refractivity contribution in [3.63, 3.8) is 0 Å². The van der Waals surface area contributed by atoms with Gasteiger partial charge in [-0.2, -0.15) is 4.98 Å². The number of nitrogens with one attached hydrogen (secondary N) is 2. The molecule has 1 saturated heterocycles. The Balaban J connectivity index is 1.43. The number of aromatic nitrogens is 2. The summed E-state index contributed by atoms with van der Waals surface area (Å²) in [6, 6.07) is 12.9. The highest BCUT2D eigenvalue weighted by atomic mass is 15.3. The monoisotopic (exact) mass is 380 g/mol. The maximum atomic E-state index is 4.80. The Labute approximate surface area is 168 Å². The SMILES string of the molecule is CN1CCN(CCNc2cc(-c3ccccc3)nc(NC3CCCC3)n2)CC1. The lowest BCUT2D eigenvalue weighted by molar-refractivity contribution is 0.158. The van der Waals surface area contributed by atoms with Gasteiger partial charge in [0.15, 0.2) is 0 Å². The zero-order chi connectivity index (χ0) is 19.2. The molecule has 0 radical (unpaired) electrons. The predicted molar refractivity (Wildman–Crippen MR) is 116 cm³/mol. The lowest BCUT2D eigenvalue weighted by Gasteiger charge is -2.32. The van der Waals surface area contributed by atoms with Gasteiger partial charge in [-0.15, -0.1) is 0 Å². The highest BCUT2D eigenvalue weighted by molar-refractivity contribution is 5.64. The van der Waals surface area contributed by atoms with E-state index in [1.54, 1.807) is 0 Å². The molecule has 1 aliphatic heterocycles. The maximum absolute atomic E-state index is 4.80. The van der Waals surface area contributed by atoms with E-state index in [2.05, 4.69) is 57.8 Å². The van der Waals surface area contributed by atoms with Crippen LogP contribution in [0.2, 0.25) is 0 Å². The number of hydrogen-bond donors (Lipinski definition) is 2. The minimum absolute atomic E-state index is 0.504. The molecule has 1 aliphatic carbocycles. The Bertz CT molecular complexity index is 736. The summed E-state index contributed by atoms with van der Waals surface area (Å²) in [5, 5.41) is 7.09. The number of nitrogens with zero attached hydrogens (tertiary/aromatic N) is 4. The Hall–Kier alpha value is -2.18. The van der Waals surface area contributed by atoms with Gasteiger partial charge in [0.25, 0.3) is 0 Å². The van der Waals surface area contributed by atoms with Gasteiger partial charge >= 0.3 is 0 Å². The van der Waals surface area contributed by atoms with E-state index in [9.17, 15) is 0 Å².